The van der Waals surface area contributed by atoms with Gasteiger partial charge in [0.05, 0.1) is 13.2 Å². The van der Waals surface area contributed by atoms with Gasteiger partial charge in [0, 0.05) is 6.54 Å². The Morgan fingerprint density at radius 2 is 2.36 bits per heavy atom. The second kappa shape index (κ2) is 4.92. The lowest BCUT2D eigenvalue weighted by Crippen LogP contribution is -2.54. The van der Waals surface area contributed by atoms with E-state index in [9.17, 15) is 9.59 Å². The summed E-state index contributed by atoms with van der Waals surface area (Å²) in [6.45, 7) is 3.12. The van der Waals surface area contributed by atoms with Crippen LogP contribution in [0.4, 0.5) is 0 Å². The Balaban J connectivity index is 2.36. The number of nitrogens with one attached hydrogen (secondary N) is 2. The summed E-state index contributed by atoms with van der Waals surface area (Å²) in [5.74, 6) is -0.800. The van der Waals surface area contributed by atoms with Crippen LogP contribution in [0.15, 0.2) is 0 Å². The first-order valence-electron chi connectivity index (χ1n) is 4.52. The van der Waals surface area contributed by atoms with Crippen LogP contribution in [0.25, 0.3) is 0 Å². The summed E-state index contributed by atoms with van der Waals surface area (Å²) in [6, 6.07) is -1.03. The number of rotatable bonds is 3. The number of carbonyl (C=O) groups is 2. The van der Waals surface area contributed by atoms with E-state index in [1.165, 1.54) is 0 Å². The molecule has 0 aromatic carbocycles. The Kier molecular flexibility index (Phi) is 3.84. The molecule has 2 amide bonds. The summed E-state index contributed by atoms with van der Waals surface area (Å²) in [4.78, 5) is 22.1. The molecule has 0 saturated carbocycles. The number of morpholine rings is 1. The monoisotopic (exact) mass is 201 g/mol. The summed E-state index contributed by atoms with van der Waals surface area (Å²) >= 11 is 0. The van der Waals surface area contributed by atoms with Gasteiger partial charge in [0.2, 0.25) is 11.8 Å². The molecule has 6 heteroatoms. The van der Waals surface area contributed by atoms with Gasteiger partial charge in [0.15, 0.2) is 0 Å². The lowest BCUT2D eigenvalue weighted by Gasteiger charge is -2.23. The molecular formula is C8H15N3O3. The van der Waals surface area contributed by atoms with Crippen molar-refractivity contribution in [3.05, 3.63) is 0 Å². The normalized spacial score (nSPS) is 23.9. The van der Waals surface area contributed by atoms with E-state index < -0.39 is 11.9 Å². The lowest BCUT2D eigenvalue weighted by atomic mass is 10.2. The highest BCUT2D eigenvalue weighted by Crippen LogP contribution is 1.93. The summed E-state index contributed by atoms with van der Waals surface area (Å²) in [7, 11) is 0. The van der Waals surface area contributed by atoms with Crippen LogP contribution in [0.1, 0.15) is 6.92 Å². The fourth-order valence-electron chi connectivity index (χ4n) is 1.12. The minimum absolute atomic E-state index is 0.254. The van der Waals surface area contributed by atoms with Gasteiger partial charge in [-0.15, -0.1) is 0 Å². The van der Waals surface area contributed by atoms with E-state index in [1.807, 2.05) is 0 Å². The van der Waals surface area contributed by atoms with Gasteiger partial charge in [-0.05, 0) is 6.92 Å². The molecule has 1 rings (SSSR count). The van der Waals surface area contributed by atoms with Gasteiger partial charge in [-0.2, -0.15) is 0 Å². The van der Waals surface area contributed by atoms with Crippen molar-refractivity contribution < 1.29 is 14.3 Å². The van der Waals surface area contributed by atoms with E-state index in [-0.39, 0.29) is 11.9 Å². The zero-order chi connectivity index (χ0) is 10.6. The molecule has 2 atom stereocenters. The van der Waals surface area contributed by atoms with Crippen molar-refractivity contribution in [1.82, 2.24) is 10.6 Å². The van der Waals surface area contributed by atoms with Gasteiger partial charge >= 0.3 is 0 Å². The van der Waals surface area contributed by atoms with Crippen molar-refractivity contribution >= 4 is 11.8 Å². The van der Waals surface area contributed by atoms with Crippen molar-refractivity contribution in [2.45, 2.75) is 19.0 Å². The van der Waals surface area contributed by atoms with Gasteiger partial charge < -0.3 is 21.1 Å². The second-order valence-corrected chi connectivity index (χ2v) is 3.21. The zero-order valence-corrected chi connectivity index (χ0v) is 8.08. The Labute approximate surface area is 82.2 Å². The maximum atomic E-state index is 11.5. The number of carbonyl (C=O) groups excluding carboxylic acids is 2. The average Bonchev–Trinajstić information content (AvgIpc) is 2.19. The SMILES string of the molecule is CC(NC(=O)C1COCCN1)C(N)=O. The standard InChI is InChI=1S/C8H15N3O3/c1-5(7(9)12)11-8(13)6-4-14-3-2-10-6/h5-6,10H,2-4H2,1H3,(H2,9,12)(H,11,13). The summed E-state index contributed by atoms with van der Waals surface area (Å²) in [5, 5.41) is 5.47. The van der Waals surface area contributed by atoms with E-state index >= 15 is 0 Å². The molecular weight excluding hydrogens is 186 g/mol. The molecule has 1 heterocycles. The van der Waals surface area contributed by atoms with Gasteiger partial charge in [-0.25, -0.2) is 0 Å². The van der Waals surface area contributed by atoms with Gasteiger partial charge in [0.1, 0.15) is 12.1 Å². The van der Waals surface area contributed by atoms with Crippen LogP contribution < -0.4 is 16.4 Å². The third-order valence-electron chi connectivity index (χ3n) is 2.02. The molecule has 1 saturated heterocycles. The van der Waals surface area contributed by atoms with Crippen molar-refractivity contribution in [3.8, 4) is 0 Å². The molecule has 1 aliphatic heterocycles. The highest BCUT2D eigenvalue weighted by molar-refractivity contribution is 5.88. The fraction of sp³-hybridized carbons (Fsp3) is 0.750. The minimum Gasteiger partial charge on any atom is -0.378 e. The number of amides is 2. The van der Waals surface area contributed by atoms with Crippen LogP contribution in [0.2, 0.25) is 0 Å². The van der Waals surface area contributed by atoms with Crippen LogP contribution >= 0.6 is 0 Å². The fourth-order valence-corrected chi connectivity index (χ4v) is 1.12. The van der Waals surface area contributed by atoms with E-state index in [0.717, 1.165) is 0 Å². The molecule has 14 heavy (non-hydrogen) atoms. The van der Waals surface area contributed by atoms with E-state index in [1.54, 1.807) is 6.92 Å². The van der Waals surface area contributed by atoms with Crippen LogP contribution in [0.3, 0.4) is 0 Å². The van der Waals surface area contributed by atoms with Crippen LogP contribution in [0, 0.1) is 0 Å². The van der Waals surface area contributed by atoms with Crippen molar-refractivity contribution in [2.24, 2.45) is 5.73 Å². The molecule has 0 aliphatic carbocycles. The molecule has 0 bridgehead atoms. The Bertz CT molecular complexity index is 226. The van der Waals surface area contributed by atoms with Crippen molar-refractivity contribution in [2.75, 3.05) is 19.8 Å². The first kappa shape index (κ1) is 10.9. The average molecular weight is 201 g/mol. The Hall–Kier alpha value is -1.14. The smallest absolute Gasteiger partial charge is 0.240 e. The highest BCUT2D eigenvalue weighted by Gasteiger charge is 2.23. The molecule has 0 aromatic heterocycles. The summed E-state index contributed by atoms with van der Waals surface area (Å²) in [5.41, 5.74) is 5.01. The quantitative estimate of drug-likeness (QED) is 0.490. The number of hydrogen-bond donors (Lipinski definition) is 3. The molecule has 0 radical (unpaired) electrons. The lowest BCUT2D eigenvalue weighted by molar-refractivity contribution is -0.130. The van der Waals surface area contributed by atoms with Gasteiger partial charge in [0.25, 0.3) is 0 Å². The molecule has 4 N–H and O–H groups in total. The minimum atomic E-state index is -0.647. The zero-order valence-electron chi connectivity index (χ0n) is 8.08. The maximum absolute atomic E-state index is 11.5. The van der Waals surface area contributed by atoms with Crippen LogP contribution in [-0.4, -0.2) is 43.7 Å². The number of hydrogen-bond acceptors (Lipinski definition) is 4. The summed E-state index contributed by atoms with van der Waals surface area (Å²) in [6.07, 6.45) is 0. The topological polar surface area (TPSA) is 93.4 Å². The second-order valence-electron chi connectivity index (χ2n) is 3.21. The molecule has 80 valence electrons. The molecule has 0 spiro atoms. The Morgan fingerprint density at radius 1 is 1.64 bits per heavy atom. The third kappa shape index (κ3) is 2.97. The van der Waals surface area contributed by atoms with E-state index in [2.05, 4.69) is 10.6 Å². The number of nitrogens with two attached hydrogens (primary N) is 1. The first-order chi connectivity index (χ1) is 6.61. The van der Waals surface area contributed by atoms with Crippen LogP contribution in [-0.2, 0) is 14.3 Å². The third-order valence-corrected chi connectivity index (χ3v) is 2.02. The molecule has 6 nitrogen and oxygen atoms in total. The van der Waals surface area contributed by atoms with Crippen LogP contribution in [0.5, 0.6) is 0 Å². The number of ether oxygens (including phenoxy) is 1. The van der Waals surface area contributed by atoms with Gasteiger partial charge in [-0.1, -0.05) is 0 Å². The summed E-state index contributed by atoms with van der Waals surface area (Å²) < 4.78 is 5.11. The van der Waals surface area contributed by atoms with Crippen molar-refractivity contribution in [3.63, 3.8) is 0 Å². The highest BCUT2D eigenvalue weighted by atomic mass is 16.5. The van der Waals surface area contributed by atoms with E-state index in [4.69, 9.17) is 10.5 Å². The largest absolute Gasteiger partial charge is 0.378 e. The molecule has 1 aliphatic rings. The van der Waals surface area contributed by atoms with E-state index in [0.29, 0.717) is 19.8 Å². The van der Waals surface area contributed by atoms with Gasteiger partial charge in [-0.3, -0.25) is 9.59 Å². The molecule has 1 fully saturated rings. The first-order valence-corrected chi connectivity index (χ1v) is 4.52. The predicted octanol–water partition coefficient (Wildman–Crippen LogP) is -2.04. The van der Waals surface area contributed by atoms with Crippen molar-refractivity contribution in [1.29, 1.82) is 0 Å². The predicted molar refractivity (Wildman–Crippen MR) is 49.4 cm³/mol. The number of primary amides is 1. The maximum Gasteiger partial charge on any atom is 0.240 e. The Morgan fingerprint density at radius 3 is 2.86 bits per heavy atom. The molecule has 2 unspecified atom stereocenters. The molecule has 0 aromatic rings.